The fraction of sp³-hybridized carbons (Fsp3) is 0.615. The van der Waals surface area contributed by atoms with Gasteiger partial charge in [-0.1, -0.05) is 13.8 Å². The average molecular weight is 265 g/mol. The van der Waals surface area contributed by atoms with E-state index in [1.54, 1.807) is 13.4 Å². The van der Waals surface area contributed by atoms with E-state index in [2.05, 4.69) is 28.7 Å². The van der Waals surface area contributed by atoms with Gasteiger partial charge in [0.1, 0.15) is 12.1 Å². The second-order valence-electron chi connectivity index (χ2n) is 4.71. The van der Waals surface area contributed by atoms with Crippen LogP contribution in [0.3, 0.4) is 0 Å². The molecule has 0 atom stereocenters. The lowest BCUT2D eigenvalue weighted by atomic mass is 10.1. The minimum absolute atomic E-state index is 0.181. The zero-order chi connectivity index (χ0) is 14.3. The zero-order valence-electron chi connectivity index (χ0n) is 11.9. The van der Waals surface area contributed by atoms with Crippen molar-refractivity contribution in [2.75, 3.05) is 31.7 Å². The molecule has 0 amide bonds. The Bertz CT molecular complexity index is 408. The van der Waals surface area contributed by atoms with E-state index in [4.69, 9.17) is 15.9 Å². The number of ether oxygens (including phenoxy) is 1. The molecule has 1 rings (SSSR count). The Morgan fingerprint density at radius 1 is 1.42 bits per heavy atom. The maximum Gasteiger partial charge on any atom is 0.132 e. The molecule has 19 heavy (non-hydrogen) atoms. The van der Waals surface area contributed by atoms with Crippen molar-refractivity contribution < 1.29 is 4.74 Å². The minimum Gasteiger partial charge on any atom is -0.388 e. The van der Waals surface area contributed by atoms with Gasteiger partial charge in [0.25, 0.3) is 0 Å². The van der Waals surface area contributed by atoms with Crippen LogP contribution in [0.5, 0.6) is 0 Å². The van der Waals surface area contributed by atoms with Crippen molar-refractivity contribution >= 4 is 11.7 Å². The number of hydrogen-bond donors (Lipinski definition) is 2. The maximum atomic E-state index is 7.32. The van der Waals surface area contributed by atoms with Crippen LogP contribution in [-0.2, 0) is 4.74 Å². The van der Waals surface area contributed by atoms with Gasteiger partial charge in [0.15, 0.2) is 0 Å². The molecule has 0 unspecified atom stereocenters. The van der Waals surface area contributed by atoms with Gasteiger partial charge in [0, 0.05) is 38.4 Å². The van der Waals surface area contributed by atoms with Gasteiger partial charge in [-0.2, -0.15) is 0 Å². The molecular formula is C13H23N5O. The number of nitrogens with one attached hydrogen (secondary N) is 1. The standard InChI is InChI=1S/C13H23N5O/c1-10(2)11-8-13(17-9-16-11)18(6-7-19-3)5-4-12(14)15/h8-10H,4-7H2,1-3H3,(H3,14,15). The van der Waals surface area contributed by atoms with Gasteiger partial charge >= 0.3 is 0 Å². The molecule has 3 N–H and O–H groups in total. The van der Waals surface area contributed by atoms with Crippen LogP contribution < -0.4 is 10.6 Å². The minimum atomic E-state index is 0.181. The normalized spacial score (nSPS) is 10.7. The molecule has 0 aliphatic heterocycles. The summed E-state index contributed by atoms with van der Waals surface area (Å²) in [7, 11) is 1.67. The lowest BCUT2D eigenvalue weighted by Gasteiger charge is -2.23. The first-order chi connectivity index (χ1) is 9.04. The van der Waals surface area contributed by atoms with Crippen molar-refractivity contribution in [2.24, 2.45) is 5.73 Å². The topological polar surface area (TPSA) is 88.1 Å². The Morgan fingerprint density at radius 3 is 2.74 bits per heavy atom. The molecule has 1 aromatic rings. The van der Waals surface area contributed by atoms with Crippen molar-refractivity contribution in [3.63, 3.8) is 0 Å². The van der Waals surface area contributed by atoms with Crippen LogP contribution in [0.25, 0.3) is 0 Å². The van der Waals surface area contributed by atoms with Gasteiger partial charge in [-0.25, -0.2) is 9.97 Å². The molecular weight excluding hydrogens is 242 g/mol. The molecule has 6 heteroatoms. The van der Waals surface area contributed by atoms with Gasteiger partial charge in [0.05, 0.1) is 12.4 Å². The highest BCUT2D eigenvalue weighted by Crippen LogP contribution is 2.17. The fourth-order valence-electron chi connectivity index (χ4n) is 1.65. The molecule has 0 spiro atoms. The molecule has 0 saturated heterocycles. The van der Waals surface area contributed by atoms with Gasteiger partial charge < -0.3 is 15.4 Å². The third-order valence-corrected chi connectivity index (χ3v) is 2.81. The molecule has 1 aromatic heterocycles. The number of rotatable bonds is 8. The van der Waals surface area contributed by atoms with Gasteiger partial charge in [0.2, 0.25) is 0 Å². The summed E-state index contributed by atoms with van der Waals surface area (Å²) in [5, 5.41) is 7.32. The third-order valence-electron chi connectivity index (χ3n) is 2.81. The van der Waals surface area contributed by atoms with E-state index >= 15 is 0 Å². The number of hydrogen-bond acceptors (Lipinski definition) is 5. The Balaban J connectivity index is 2.82. The Kier molecular flexibility index (Phi) is 6.21. The monoisotopic (exact) mass is 265 g/mol. The lowest BCUT2D eigenvalue weighted by Crippen LogP contribution is -2.31. The van der Waals surface area contributed by atoms with E-state index in [1.807, 2.05) is 6.07 Å². The number of methoxy groups -OCH3 is 1. The molecule has 106 valence electrons. The Labute approximate surface area is 114 Å². The number of nitrogens with two attached hydrogens (primary N) is 1. The first-order valence-corrected chi connectivity index (χ1v) is 6.43. The third kappa shape index (κ3) is 5.21. The number of aromatic nitrogens is 2. The number of nitrogens with zero attached hydrogens (tertiary/aromatic N) is 3. The first kappa shape index (κ1) is 15.4. The van der Waals surface area contributed by atoms with E-state index in [0.717, 1.165) is 18.1 Å². The van der Waals surface area contributed by atoms with Crippen LogP contribution in [0.2, 0.25) is 0 Å². The van der Waals surface area contributed by atoms with Crippen LogP contribution in [0.15, 0.2) is 12.4 Å². The molecule has 0 aromatic carbocycles. The van der Waals surface area contributed by atoms with Gasteiger partial charge in [-0.3, -0.25) is 5.41 Å². The van der Waals surface area contributed by atoms with Crippen molar-refractivity contribution in [3.05, 3.63) is 18.1 Å². The molecule has 0 radical (unpaired) electrons. The van der Waals surface area contributed by atoms with E-state index in [9.17, 15) is 0 Å². The SMILES string of the molecule is COCCN(CCC(=N)N)c1cc(C(C)C)ncn1. The molecule has 6 nitrogen and oxygen atoms in total. The molecule has 0 fully saturated rings. The van der Waals surface area contributed by atoms with Crippen LogP contribution in [0.4, 0.5) is 5.82 Å². The second-order valence-corrected chi connectivity index (χ2v) is 4.71. The highest BCUT2D eigenvalue weighted by Gasteiger charge is 2.10. The summed E-state index contributed by atoms with van der Waals surface area (Å²) in [4.78, 5) is 10.6. The first-order valence-electron chi connectivity index (χ1n) is 6.43. The Hall–Kier alpha value is -1.69. The summed E-state index contributed by atoms with van der Waals surface area (Å²) in [6.45, 7) is 6.19. The van der Waals surface area contributed by atoms with Crippen molar-refractivity contribution in [1.82, 2.24) is 9.97 Å². The summed E-state index contributed by atoms with van der Waals surface area (Å²) in [5.41, 5.74) is 6.43. The predicted octanol–water partition coefficient (Wildman–Crippen LogP) is 1.38. The highest BCUT2D eigenvalue weighted by molar-refractivity contribution is 5.77. The number of anilines is 1. The summed E-state index contributed by atoms with van der Waals surface area (Å²) >= 11 is 0. The predicted molar refractivity (Wildman–Crippen MR) is 76.7 cm³/mol. The van der Waals surface area contributed by atoms with E-state index < -0.39 is 0 Å². The van der Waals surface area contributed by atoms with Crippen molar-refractivity contribution in [1.29, 1.82) is 5.41 Å². The lowest BCUT2D eigenvalue weighted by molar-refractivity contribution is 0.205. The summed E-state index contributed by atoms with van der Waals surface area (Å²) in [6, 6.07) is 1.99. The molecule has 0 aliphatic carbocycles. The van der Waals surface area contributed by atoms with Gasteiger partial charge in [-0.05, 0) is 5.92 Å². The number of amidine groups is 1. The van der Waals surface area contributed by atoms with Crippen LogP contribution in [0.1, 0.15) is 31.9 Å². The molecule has 0 saturated carbocycles. The fourth-order valence-corrected chi connectivity index (χ4v) is 1.65. The maximum absolute atomic E-state index is 7.32. The molecule has 0 bridgehead atoms. The Morgan fingerprint density at radius 2 is 2.16 bits per heavy atom. The van der Waals surface area contributed by atoms with Crippen LogP contribution in [-0.4, -0.2) is 42.6 Å². The van der Waals surface area contributed by atoms with Crippen molar-refractivity contribution in [2.45, 2.75) is 26.2 Å². The van der Waals surface area contributed by atoms with E-state index in [1.165, 1.54) is 0 Å². The summed E-state index contributed by atoms with van der Waals surface area (Å²) in [6.07, 6.45) is 2.10. The van der Waals surface area contributed by atoms with E-state index in [0.29, 0.717) is 25.5 Å². The summed E-state index contributed by atoms with van der Waals surface area (Å²) < 4.78 is 5.11. The quantitative estimate of drug-likeness (QED) is 0.547. The van der Waals surface area contributed by atoms with E-state index in [-0.39, 0.29) is 5.84 Å². The molecule has 1 heterocycles. The van der Waals surface area contributed by atoms with Crippen LogP contribution >= 0.6 is 0 Å². The largest absolute Gasteiger partial charge is 0.388 e. The van der Waals surface area contributed by atoms with Crippen molar-refractivity contribution in [3.8, 4) is 0 Å². The zero-order valence-corrected chi connectivity index (χ0v) is 11.9. The highest BCUT2D eigenvalue weighted by atomic mass is 16.5. The molecule has 0 aliphatic rings. The smallest absolute Gasteiger partial charge is 0.132 e. The van der Waals surface area contributed by atoms with Gasteiger partial charge in [-0.15, -0.1) is 0 Å². The average Bonchev–Trinajstić information content (AvgIpc) is 2.38. The van der Waals surface area contributed by atoms with Crippen LogP contribution in [0, 0.1) is 5.41 Å². The summed E-state index contributed by atoms with van der Waals surface area (Å²) in [5.74, 6) is 1.40. The second kappa shape index (κ2) is 7.68.